The van der Waals surface area contributed by atoms with Crippen LogP contribution in [-0.2, 0) is 11.2 Å². The third-order valence-corrected chi connectivity index (χ3v) is 2.38. The molecule has 0 bridgehead atoms. The third-order valence-electron chi connectivity index (χ3n) is 2.38. The fourth-order valence-corrected chi connectivity index (χ4v) is 1.48. The van der Waals surface area contributed by atoms with Gasteiger partial charge in [0.25, 0.3) is 0 Å². The second-order valence-corrected chi connectivity index (χ2v) is 3.48. The van der Waals surface area contributed by atoms with Crippen LogP contribution in [0.2, 0.25) is 0 Å². The van der Waals surface area contributed by atoms with Crippen molar-refractivity contribution in [1.29, 1.82) is 0 Å². The smallest absolute Gasteiger partial charge is 0.220 e. The molecule has 0 heterocycles. The highest BCUT2D eigenvalue weighted by Crippen LogP contribution is 2.19. The summed E-state index contributed by atoms with van der Waals surface area (Å²) >= 11 is 0. The molecule has 15 heavy (non-hydrogen) atoms. The molecule has 0 fully saturated rings. The van der Waals surface area contributed by atoms with Gasteiger partial charge in [-0.3, -0.25) is 4.79 Å². The summed E-state index contributed by atoms with van der Waals surface area (Å²) in [4.78, 5) is 11.1. The van der Waals surface area contributed by atoms with Gasteiger partial charge in [0.1, 0.15) is 5.75 Å². The summed E-state index contributed by atoms with van der Waals surface area (Å²) in [5.74, 6) is 0.960. The summed E-state index contributed by atoms with van der Waals surface area (Å²) in [6, 6.07) is 5.99. The van der Waals surface area contributed by atoms with E-state index in [4.69, 9.17) is 4.74 Å². The van der Waals surface area contributed by atoms with E-state index in [9.17, 15) is 4.79 Å². The summed E-state index contributed by atoms with van der Waals surface area (Å²) in [5.41, 5.74) is 2.27. The average Bonchev–Trinajstić information content (AvgIpc) is 2.26. The van der Waals surface area contributed by atoms with Crippen LogP contribution in [0.5, 0.6) is 5.75 Å². The number of rotatable bonds is 4. The van der Waals surface area contributed by atoms with Crippen molar-refractivity contribution >= 4 is 5.91 Å². The Kier molecular flexibility index (Phi) is 4.16. The predicted molar refractivity (Wildman–Crippen MR) is 60.1 cm³/mol. The van der Waals surface area contributed by atoms with Crippen LogP contribution in [0.1, 0.15) is 17.5 Å². The van der Waals surface area contributed by atoms with E-state index in [-0.39, 0.29) is 5.91 Å². The number of amides is 1. The summed E-state index contributed by atoms with van der Waals surface area (Å²) in [6.45, 7) is 2.00. The summed E-state index contributed by atoms with van der Waals surface area (Å²) in [5, 5.41) is 2.61. The number of benzene rings is 1. The second kappa shape index (κ2) is 5.39. The van der Waals surface area contributed by atoms with E-state index < -0.39 is 0 Å². The fourth-order valence-electron chi connectivity index (χ4n) is 1.48. The Labute approximate surface area is 90.4 Å². The lowest BCUT2D eigenvalue weighted by Gasteiger charge is -2.06. The zero-order chi connectivity index (χ0) is 11.3. The van der Waals surface area contributed by atoms with E-state index >= 15 is 0 Å². The zero-order valence-corrected chi connectivity index (χ0v) is 9.46. The van der Waals surface area contributed by atoms with E-state index in [0.29, 0.717) is 6.42 Å². The summed E-state index contributed by atoms with van der Waals surface area (Å²) in [6.07, 6.45) is 1.30. The van der Waals surface area contributed by atoms with E-state index in [1.54, 1.807) is 14.2 Å². The van der Waals surface area contributed by atoms with Gasteiger partial charge in [-0.2, -0.15) is 0 Å². The van der Waals surface area contributed by atoms with Gasteiger partial charge in [0, 0.05) is 13.5 Å². The van der Waals surface area contributed by atoms with Crippen molar-refractivity contribution in [3.8, 4) is 5.75 Å². The lowest BCUT2D eigenvalue weighted by atomic mass is 10.1. The second-order valence-electron chi connectivity index (χ2n) is 3.48. The third kappa shape index (κ3) is 3.27. The Morgan fingerprint density at radius 1 is 1.47 bits per heavy atom. The number of hydrogen-bond donors (Lipinski definition) is 1. The Morgan fingerprint density at radius 3 is 2.73 bits per heavy atom. The van der Waals surface area contributed by atoms with Crippen LogP contribution in [0.15, 0.2) is 18.2 Å². The van der Waals surface area contributed by atoms with E-state index in [1.165, 1.54) is 0 Å². The fraction of sp³-hybridized carbons (Fsp3) is 0.417. The number of nitrogens with one attached hydrogen (secondary N) is 1. The summed E-state index contributed by atoms with van der Waals surface area (Å²) in [7, 11) is 3.31. The molecule has 0 saturated carbocycles. The molecule has 82 valence electrons. The van der Waals surface area contributed by atoms with Gasteiger partial charge >= 0.3 is 0 Å². The van der Waals surface area contributed by atoms with Crippen molar-refractivity contribution in [2.24, 2.45) is 0 Å². The minimum Gasteiger partial charge on any atom is -0.496 e. The molecule has 0 aliphatic carbocycles. The SMILES string of the molecule is CNC(=O)CCc1ccc(OC)c(C)c1. The van der Waals surface area contributed by atoms with Crippen molar-refractivity contribution in [1.82, 2.24) is 5.32 Å². The molecule has 0 spiro atoms. The van der Waals surface area contributed by atoms with Gasteiger partial charge in [0.15, 0.2) is 0 Å². The number of ether oxygens (including phenoxy) is 1. The molecule has 1 aromatic rings. The largest absolute Gasteiger partial charge is 0.496 e. The highest BCUT2D eigenvalue weighted by molar-refractivity contribution is 5.75. The molecule has 3 nitrogen and oxygen atoms in total. The van der Waals surface area contributed by atoms with Crippen LogP contribution in [0.25, 0.3) is 0 Å². The first kappa shape index (κ1) is 11.6. The molecule has 3 heteroatoms. The standard InChI is InChI=1S/C12H17NO2/c1-9-8-10(4-6-11(9)15-3)5-7-12(14)13-2/h4,6,8H,5,7H2,1-3H3,(H,13,14). The molecule has 1 amide bonds. The van der Waals surface area contributed by atoms with Crippen LogP contribution in [0.3, 0.4) is 0 Å². The first-order valence-electron chi connectivity index (χ1n) is 5.01. The highest BCUT2D eigenvalue weighted by atomic mass is 16.5. The number of hydrogen-bond acceptors (Lipinski definition) is 2. The maximum absolute atomic E-state index is 11.1. The van der Waals surface area contributed by atoms with Gasteiger partial charge in [-0.1, -0.05) is 12.1 Å². The molecule has 0 aliphatic heterocycles. The first-order valence-corrected chi connectivity index (χ1v) is 5.01. The van der Waals surface area contributed by atoms with Gasteiger partial charge < -0.3 is 10.1 Å². The quantitative estimate of drug-likeness (QED) is 0.815. The average molecular weight is 207 g/mol. The normalized spacial score (nSPS) is 9.80. The molecule has 1 N–H and O–H groups in total. The molecular formula is C12H17NO2. The predicted octanol–water partition coefficient (Wildman–Crippen LogP) is 1.68. The van der Waals surface area contributed by atoms with Crippen LogP contribution >= 0.6 is 0 Å². The molecule has 1 rings (SSSR count). The van der Waals surface area contributed by atoms with Crippen LogP contribution < -0.4 is 10.1 Å². The van der Waals surface area contributed by atoms with Crippen molar-refractivity contribution in [2.75, 3.05) is 14.2 Å². The Balaban J connectivity index is 2.63. The minimum atomic E-state index is 0.0727. The summed E-state index contributed by atoms with van der Waals surface area (Å²) < 4.78 is 5.17. The molecule has 0 aromatic heterocycles. The topological polar surface area (TPSA) is 38.3 Å². The number of carbonyl (C=O) groups is 1. The number of methoxy groups -OCH3 is 1. The van der Waals surface area contributed by atoms with Crippen molar-refractivity contribution in [2.45, 2.75) is 19.8 Å². The number of aryl methyl sites for hydroxylation is 2. The van der Waals surface area contributed by atoms with Crippen LogP contribution in [-0.4, -0.2) is 20.1 Å². The lowest BCUT2D eigenvalue weighted by molar-refractivity contribution is -0.120. The van der Waals surface area contributed by atoms with Gasteiger partial charge in [0.2, 0.25) is 5.91 Å². The Bertz CT molecular complexity index is 347. The van der Waals surface area contributed by atoms with Gasteiger partial charge in [-0.15, -0.1) is 0 Å². The Hall–Kier alpha value is -1.51. The van der Waals surface area contributed by atoms with Gasteiger partial charge in [-0.05, 0) is 30.5 Å². The maximum atomic E-state index is 11.1. The van der Waals surface area contributed by atoms with E-state index in [1.807, 2.05) is 19.1 Å². The molecule has 0 aliphatic rings. The van der Waals surface area contributed by atoms with Gasteiger partial charge in [0.05, 0.1) is 7.11 Å². The Morgan fingerprint density at radius 2 is 2.20 bits per heavy atom. The maximum Gasteiger partial charge on any atom is 0.220 e. The van der Waals surface area contributed by atoms with E-state index in [2.05, 4.69) is 11.4 Å². The first-order chi connectivity index (χ1) is 7.17. The van der Waals surface area contributed by atoms with Crippen LogP contribution in [0.4, 0.5) is 0 Å². The molecule has 0 atom stereocenters. The molecular weight excluding hydrogens is 190 g/mol. The highest BCUT2D eigenvalue weighted by Gasteiger charge is 2.02. The molecule has 0 unspecified atom stereocenters. The van der Waals surface area contributed by atoms with Gasteiger partial charge in [-0.25, -0.2) is 0 Å². The number of carbonyl (C=O) groups excluding carboxylic acids is 1. The van der Waals surface area contributed by atoms with Crippen molar-refractivity contribution in [3.63, 3.8) is 0 Å². The monoisotopic (exact) mass is 207 g/mol. The molecule has 0 radical (unpaired) electrons. The molecule has 0 saturated heterocycles. The van der Waals surface area contributed by atoms with Crippen molar-refractivity contribution < 1.29 is 9.53 Å². The van der Waals surface area contributed by atoms with Crippen LogP contribution in [0, 0.1) is 6.92 Å². The van der Waals surface area contributed by atoms with Crippen molar-refractivity contribution in [3.05, 3.63) is 29.3 Å². The lowest BCUT2D eigenvalue weighted by Crippen LogP contribution is -2.17. The minimum absolute atomic E-state index is 0.0727. The van der Waals surface area contributed by atoms with E-state index in [0.717, 1.165) is 23.3 Å². The zero-order valence-electron chi connectivity index (χ0n) is 9.46. The molecule has 1 aromatic carbocycles.